The average molecular weight is 406 g/mol. The van der Waals surface area contributed by atoms with E-state index in [1.165, 1.54) is 15.6 Å². The highest BCUT2D eigenvalue weighted by atomic mass is 32.1. The molecule has 2 amide bonds. The molecule has 3 aliphatic rings. The van der Waals surface area contributed by atoms with Gasteiger partial charge < -0.3 is 19.3 Å². The van der Waals surface area contributed by atoms with E-state index in [-0.39, 0.29) is 31.2 Å². The Kier molecular flexibility index (Phi) is 3.47. The van der Waals surface area contributed by atoms with E-state index in [0.717, 1.165) is 10.4 Å². The summed E-state index contributed by atoms with van der Waals surface area (Å²) >= 11 is 1.70. The van der Waals surface area contributed by atoms with E-state index in [2.05, 4.69) is 12.1 Å². The van der Waals surface area contributed by atoms with E-state index in [1.807, 2.05) is 30.3 Å². The van der Waals surface area contributed by atoms with Crippen molar-refractivity contribution in [3.8, 4) is 11.5 Å². The smallest absolute Gasteiger partial charge is 0.245 e. The fourth-order valence-corrected chi connectivity index (χ4v) is 6.05. The van der Waals surface area contributed by atoms with Crippen LogP contribution in [-0.2, 0) is 16.0 Å². The molecule has 1 fully saturated rings. The lowest BCUT2D eigenvalue weighted by atomic mass is 9.87. The molecular formula is C22H18N2O4S. The second-order valence-corrected chi connectivity index (χ2v) is 8.76. The zero-order chi connectivity index (χ0) is 19.7. The van der Waals surface area contributed by atoms with Gasteiger partial charge in [-0.05, 0) is 34.7 Å². The van der Waals surface area contributed by atoms with E-state index in [1.54, 1.807) is 28.2 Å². The van der Waals surface area contributed by atoms with Crippen LogP contribution in [0, 0.1) is 0 Å². The fourth-order valence-electron chi connectivity index (χ4n) is 4.68. The lowest BCUT2D eigenvalue weighted by Crippen LogP contribution is -2.61. The second-order valence-electron chi connectivity index (χ2n) is 7.67. The number of benzene rings is 2. The number of nitrogens with zero attached hydrogens (tertiary/aromatic N) is 2. The number of hydrogen-bond donors (Lipinski definition) is 0. The number of likely N-dealkylation sites (N-methyl/N-ethyl adjacent to an activating group) is 1. The molecular weight excluding hydrogens is 388 g/mol. The van der Waals surface area contributed by atoms with Crippen molar-refractivity contribution in [1.82, 2.24) is 9.80 Å². The Bertz CT molecular complexity index is 1190. The topological polar surface area (TPSA) is 59.1 Å². The fraction of sp³-hybridized carbons (Fsp3) is 0.273. The summed E-state index contributed by atoms with van der Waals surface area (Å²) in [5, 5.41) is 1.17. The monoisotopic (exact) mass is 406 g/mol. The van der Waals surface area contributed by atoms with Crippen LogP contribution < -0.4 is 9.47 Å². The van der Waals surface area contributed by atoms with Gasteiger partial charge in [0.15, 0.2) is 11.5 Å². The highest BCUT2D eigenvalue weighted by molar-refractivity contribution is 7.19. The van der Waals surface area contributed by atoms with Gasteiger partial charge in [0.25, 0.3) is 0 Å². The number of fused-ring (bicyclic) bond motifs is 5. The number of thiophene rings is 1. The van der Waals surface area contributed by atoms with Crippen LogP contribution in [0.1, 0.15) is 22.0 Å². The number of carbonyl (C=O) groups is 2. The predicted molar refractivity (Wildman–Crippen MR) is 108 cm³/mol. The van der Waals surface area contributed by atoms with E-state index in [9.17, 15) is 9.59 Å². The molecule has 0 aliphatic carbocycles. The van der Waals surface area contributed by atoms with Gasteiger partial charge in [0.2, 0.25) is 18.6 Å². The minimum absolute atomic E-state index is 0.00345. The molecule has 0 spiro atoms. The summed E-state index contributed by atoms with van der Waals surface area (Å²) in [6.07, 6.45) is 0.551. The molecule has 0 bridgehead atoms. The predicted octanol–water partition coefficient (Wildman–Crippen LogP) is 2.94. The van der Waals surface area contributed by atoms with Gasteiger partial charge in [0, 0.05) is 23.0 Å². The highest BCUT2D eigenvalue weighted by Crippen LogP contribution is 2.48. The Morgan fingerprint density at radius 2 is 1.90 bits per heavy atom. The molecule has 3 aromatic rings. The molecule has 0 unspecified atom stereocenters. The van der Waals surface area contributed by atoms with Crippen molar-refractivity contribution in [2.45, 2.75) is 18.5 Å². The minimum atomic E-state index is -0.484. The second kappa shape index (κ2) is 5.97. The van der Waals surface area contributed by atoms with E-state index < -0.39 is 6.04 Å². The first-order chi connectivity index (χ1) is 14.1. The van der Waals surface area contributed by atoms with Crippen molar-refractivity contribution < 1.29 is 19.1 Å². The summed E-state index contributed by atoms with van der Waals surface area (Å²) in [4.78, 5) is 30.6. The maximum absolute atomic E-state index is 13.1. The van der Waals surface area contributed by atoms with E-state index in [4.69, 9.17) is 9.47 Å². The number of carbonyl (C=O) groups excluding carboxylic acids is 2. The van der Waals surface area contributed by atoms with Crippen LogP contribution in [0.5, 0.6) is 11.5 Å². The van der Waals surface area contributed by atoms with Gasteiger partial charge in [-0.25, -0.2) is 0 Å². The van der Waals surface area contributed by atoms with Crippen LogP contribution in [0.2, 0.25) is 0 Å². The zero-order valence-electron chi connectivity index (χ0n) is 15.8. The summed E-state index contributed by atoms with van der Waals surface area (Å²) in [7, 11) is 1.70. The zero-order valence-corrected chi connectivity index (χ0v) is 16.6. The molecule has 1 saturated heterocycles. The molecule has 0 N–H and O–H groups in total. The average Bonchev–Trinajstić information content (AvgIpc) is 3.34. The summed E-state index contributed by atoms with van der Waals surface area (Å²) in [5.41, 5.74) is 2.11. The van der Waals surface area contributed by atoms with Crippen molar-refractivity contribution >= 4 is 33.2 Å². The Morgan fingerprint density at radius 3 is 2.79 bits per heavy atom. The van der Waals surface area contributed by atoms with Crippen molar-refractivity contribution in [3.63, 3.8) is 0 Å². The number of piperazine rings is 1. The Morgan fingerprint density at radius 1 is 1.07 bits per heavy atom. The standard InChI is InChI=1S/C22H18N2O4S/c1-23-10-19(25)24-15(22(23)26)9-14-13-4-2-3-5-18(13)29-21(14)20(24)12-6-7-16-17(8-12)28-11-27-16/h2-8,15,20H,9-11H2,1H3/t15-,20-/m1/s1. The van der Waals surface area contributed by atoms with E-state index >= 15 is 0 Å². The molecule has 2 atom stereocenters. The van der Waals surface area contributed by atoms with Gasteiger partial charge in [-0.3, -0.25) is 9.59 Å². The molecule has 29 heavy (non-hydrogen) atoms. The molecule has 4 heterocycles. The summed E-state index contributed by atoms with van der Waals surface area (Å²) in [6.45, 7) is 0.308. The third-order valence-electron chi connectivity index (χ3n) is 6.02. The van der Waals surface area contributed by atoms with Gasteiger partial charge in [-0.15, -0.1) is 11.3 Å². The maximum Gasteiger partial charge on any atom is 0.245 e. The van der Waals surface area contributed by atoms with Gasteiger partial charge in [-0.2, -0.15) is 0 Å². The van der Waals surface area contributed by atoms with Gasteiger partial charge in [-0.1, -0.05) is 24.3 Å². The van der Waals surface area contributed by atoms with Crippen LogP contribution in [0.15, 0.2) is 42.5 Å². The first-order valence-electron chi connectivity index (χ1n) is 9.58. The molecule has 0 radical (unpaired) electrons. The van der Waals surface area contributed by atoms with Crippen molar-refractivity contribution in [2.24, 2.45) is 0 Å². The van der Waals surface area contributed by atoms with E-state index in [0.29, 0.717) is 17.9 Å². The van der Waals surface area contributed by atoms with Crippen molar-refractivity contribution in [1.29, 1.82) is 0 Å². The molecule has 1 aromatic heterocycles. The number of amides is 2. The maximum atomic E-state index is 13.1. The largest absolute Gasteiger partial charge is 0.454 e. The minimum Gasteiger partial charge on any atom is -0.454 e. The Balaban J connectivity index is 1.59. The van der Waals surface area contributed by atoms with Crippen LogP contribution in [0.25, 0.3) is 10.1 Å². The van der Waals surface area contributed by atoms with Gasteiger partial charge >= 0.3 is 0 Å². The highest BCUT2D eigenvalue weighted by Gasteiger charge is 2.47. The van der Waals surface area contributed by atoms with Crippen LogP contribution in [-0.4, -0.2) is 48.0 Å². The lowest BCUT2D eigenvalue weighted by Gasteiger charge is -2.46. The van der Waals surface area contributed by atoms with Crippen molar-refractivity contribution in [2.75, 3.05) is 20.4 Å². The molecule has 2 aromatic carbocycles. The van der Waals surface area contributed by atoms with Crippen LogP contribution in [0.4, 0.5) is 0 Å². The Hall–Kier alpha value is -3.06. The molecule has 146 valence electrons. The number of hydrogen-bond acceptors (Lipinski definition) is 5. The SMILES string of the molecule is CN1CC(=O)N2[C@H](c3ccc4c(c3)OCO4)c3sc4ccccc4c3C[C@@H]2C1=O. The quantitative estimate of drug-likeness (QED) is 0.624. The molecule has 0 saturated carbocycles. The number of rotatable bonds is 1. The third kappa shape index (κ3) is 2.34. The normalized spacial score (nSPS) is 22.8. The van der Waals surface area contributed by atoms with Gasteiger partial charge in [0.1, 0.15) is 6.04 Å². The molecule has 6 rings (SSSR count). The lowest BCUT2D eigenvalue weighted by molar-refractivity contribution is -0.157. The van der Waals surface area contributed by atoms with Gasteiger partial charge in [0.05, 0.1) is 12.6 Å². The van der Waals surface area contributed by atoms with Crippen LogP contribution in [0.3, 0.4) is 0 Å². The summed E-state index contributed by atoms with van der Waals surface area (Å²) in [6, 6.07) is 13.3. The number of ether oxygens (including phenoxy) is 2. The first-order valence-corrected chi connectivity index (χ1v) is 10.4. The Labute approximate surface area is 171 Å². The summed E-state index contributed by atoms with van der Waals surface area (Å²) < 4.78 is 12.2. The van der Waals surface area contributed by atoms with Crippen LogP contribution >= 0.6 is 11.3 Å². The molecule has 7 heteroatoms. The molecule has 3 aliphatic heterocycles. The summed E-state index contributed by atoms with van der Waals surface area (Å²) in [5.74, 6) is 1.36. The molecule has 6 nitrogen and oxygen atoms in total. The van der Waals surface area contributed by atoms with Crippen molar-refractivity contribution in [3.05, 3.63) is 58.5 Å². The third-order valence-corrected chi connectivity index (χ3v) is 7.29. The first kappa shape index (κ1) is 16.9.